The molecule has 2 aromatic heterocycles. The third kappa shape index (κ3) is 5.51. The summed E-state index contributed by atoms with van der Waals surface area (Å²) in [7, 11) is 0. The molecule has 0 radical (unpaired) electrons. The zero-order valence-corrected chi connectivity index (χ0v) is 22.1. The van der Waals surface area contributed by atoms with Crippen LogP contribution >= 0.6 is 0 Å². The van der Waals surface area contributed by atoms with Crippen molar-refractivity contribution in [2.45, 2.75) is 51.3 Å². The first-order valence-electron chi connectivity index (χ1n) is 12.8. The van der Waals surface area contributed by atoms with Gasteiger partial charge in [-0.25, -0.2) is 9.31 Å². The Morgan fingerprint density at radius 3 is 2.35 bits per heavy atom. The topological polar surface area (TPSA) is 109 Å². The second kappa shape index (κ2) is 10.00. The van der Waals surface area contributed by atoms with Crippen LogP contribution < -0.4 is 10.9 Å². The van der Waals surface area contributed by atoms with E-state index < -0.39 is 23.2 Å². The van der Waals surface area contributed by atoms with Crippen molar-refractivity contribution >= 4 is 34.2 Å². The summed E-state index contributed by atoms with van der Waals surface area (Å²) in [5.41, 5.74) is 0.186. The molecule has 0 spiro atoms. The third-order valence-electron chi connectivity index (χ3n) is 6.75. The van der Waals surface area contributed by atoms with Crippen molar-refractivity contribution in [2.24, 2.45) is 0 Å². The monoisotopic (exact) mass is 555 g/mol. The molecule has 0 bridgehead atoms. The van der Waals surface area contributed by atoms with E-state index in [1.165, 1.54) is 6.07 Å². The molecule has 12 heteroatoms. The molecule has 210 valence electrons. The molecule has 1 fully saturated rings. The highest BCUT2D eigenvalue weighted by atomic mass is 19.4. The van der Waals surface area contributed by atoms with E-state index in [2.05, 4.69) is 15.4 Å². The molecule has 1 aliphatic heterocycles. The number of carbonyl (C=O) groups excluding carboxylic acids is 2. The van der Waals surface area contributed by atoms with Crippen molar-refractivity contribution < 1.29 is 27.5 Å². The summed E-state index contributed by atoms with van der Waals surface area (Å²) in [6.07, 6.45) is -3.68. The van der Waals surface area contributed by atoms with E-state index in [0.717, 1.165) is 24.3 Å². The Labute approximate surface area is 226 Å². The maximum Gasteiger partial charge on any atom is 0.416 e. The van der Waals surface area contributed by atoms with E-state index in [9.17, 15) is 27.6 Å². The number of carbonyl (C=O) groups is 2. The summed E-state index contributed by atoms with van der Waals surface area (Å²) < 4.78 is 45.8. The van der Waals surface area contributed by atoms with Gasteiger partial charge in [0.25, 0.3) is 11.5 Å². The highest BCUT2D eigenvalue weighted by Gasteiger charge is 2.31. The van der Waals surface area contributed by atoms with Gasteiger partial charge in [0.1, 0.15) is 11.2 Å². The van der Waals surface area contributed by atoms with Gasteiger partial charge >= 0.3 is 12.3 Å². The lowest BCUT2D eigenvalue weighted by Gasteiger charge is -2.33. The number of amides is 2. The molecule has 1 saturated heterocycles. The van der Waals surface area contributed by atoms with Gasteiger partial charge in [-0.2, -0.15) is 18.3 Å². The molecule has 2 N–H and O–H groups in total. The van der Waals surface area contributed by atoms with Crippen LogP contribution in [0.5, 0.6) is 0 Å². The lowest BCUT2D eigenvalue weighted by Crippen LogP contribution is -2.41. The summed E-state index contributed by atoms with van der Waals surface area (Å²) in [5, 5.41) is 7.91. The number of anilines is 1. The first kappa shape index (κ1) is 27.2. The van der Waals surface area contributed by atoms with Gasteiger partial charge in [0, 0.05) is 30.6 Å². The van der Waals surface area contributed by atoms with Crippen molar-refractivity contribution in [2.75, 3.05) is 18.4 Å². The summed E-state index contributed by atoms with van der Waals surface area (Å²) in [4.78, 5) is 42.6. The molecular weight excluding hydrogens is 527 g/mol. The van der Waals surface area contributed by atoms with Crippen LogP contribution in [0.3, 0.4) is 0 Å². The van der Waals surface area contributed by atoms with Gasteiger partial charge in [-0.3, -0.25) is 9.59 Å². The fraction of sp³-hybridized carbons (Fsp3) is 0.357. The molecule has 3 heterocycles. The largest absolute Gasteiger partial charge is 0.444 e. The highest BCUT2D eigenvalue weighted by Crippen LogP contribution is 2.33. The number of nitrogens with one attached hydrogen (secondary N) is 2. The minimum Gasteiger partial charge on any atom is -0.444 e. The summed E-state index contributed by atoms with van der Waals surface area (Å²) >= 11 is 0. The maximum absolute atomic E-state index is 12.9. The van der Waals surface area contributed by atoms with Crippen LogP contribution in [0, 0.1) is 0 Å². The number of aromatic amines is 1. The zero-order valence-electron chi connectivity index (χ0n) is 22.1. The number of fused-ring (bicyclic) bond motifs is 3. The molecule has 9 nitrogen and oxygen atoms in total. The van der Waals surface area contributed by atoms with E-state index in [1.54, 1.807) is 27.6 Å². The smallest absolute Gasteiger partial charge is 0.416 e. The average molecular weight is 556 g/mol. The van der Waals surface area contributed by atoms with Gasteiger partial charge in [-0.15, -0.1) is 0 Å². The standard InChI is InChI=1S/C28H28F3N5O4/c1-27(2,3)40-26(39)35-13-11-16(12-14-35)21-15-22(37)33-24-23-19(5-4-6-20(23)34-36(21)24)32-25(38)17-7-9-18(10-8-17)28(29,30)31/h4-10,15-16H,11-14H2,1-3H3,(H,32,38)(H,33,37). The van der Waals surface area contributed by atoms with E-state index >= 15 is 0 Å². The average Bonchev–Trinajstić information content (AvgIpc) is 3.26. The minimum absolute atomic E-state index is 0.0485. The quantitative estimate of drug-likeness (QED) is 0.344. The molecule has 4 aromatic rings. The highest BCUT2D eigenvalue weighted by molar-refractivity contribution is 6.11. The molecular formula is C28H28F3N5O4. The van der Waals surface area contributed by atoms with Gasteiger partial charge in [0.2, 0.25) is 0 Å². The van der Waals surface area contributed by atoms with Crippen LogP contribution in [0.1, 0.15) is 61.1 Å². The lowest BCUT2D eigenvalue weighted by atomic mass is 9.93. The number of aromatic nitrogens is 3. The second-order valence-corrected chi connectivity index (χ2v) is 10.8. The number of hydrogen-bond donors (Lipinski definition) is 2. The van der Waals surface area contributed by atoms with Gasteiger partial charge in [0.05, 0.1) is 27.8 Å². The van der Waals surface area contributed by atoms with Crippen LogP contribution in [-0.4, -0.2) is 50.2 Å². The number of rotatable bonds is 3. The second-order valence-electron chi connectivity index (χ2n) is 10.8. The van der Waals surface area contributed by atoms with Gasteiger partial charge in [-0.05, 0) is 70.0 Å². The Bertz CT molecular complexity index is 1640. The van der Waals surface area contributed by atoms with E-state index in [4.69, 9.17) is 4.74 Å². The van der Waals surface area contributed by atoms with Crippen LogP contribution in [-0.2, 0) is 10.9 Å². The minimum atomic E-state index is -4.51. The Kier molecular flexibility index (Phi) is 6.80. The molecule has 1 aliphatic rings. The maximum atomic E-state index is 12.9. The van der Waals surface area contributed by atoms with Crippen molar-refractivity contribution in [1.82, 2.24) is 19.5 Å². The first-order chi connectivity index (χ1) is 18.8. The summed E-state index contributed by atoms with van der Waals surface area (Å²) in [6.45, 7) is 6.36. The summed E-state index contributed by atoms with van der Waals surface area (Å²) in [5.74, 6) is -0.656. The van der Waals surface area contributed by atoms with Gasteiger partial charge in [-0.1, -0.05) is 6.07 Å². The number of alkyl halides is 3. The predicted octanol–water partition coefficient (Wildman–Crippen LogP) is 5.56. The number of ether oxygens (including phenoxy) is 1. The van der Waals surface area contributed by atoms with E-state index in [-0.39, 0.29) is 23.1 Å². The summed E-state index contributed by atoms with van der Waals surface area (Å²) in [6, 6.07) is 10.5. The number of hydrogen-bond acceptors (Lipinski definition) is 5. The van der Waals surface area contributed by atoms with Crippen molar-refractivity contribution in [1.29, 1.82) is 0 Å². The van der Waals surface area contributed by atoms with Gasteiger partial charge < -0.3 is 19.9 Å². The van der Waals surface area contributed by atoms with Crippen LogP contribution in [0.2, 0.25) is 0 Å². The SMILES string of the molecule is CC(C)(C)OC(=O)N1CCC(c2cc(=O)[nH]c3c4c(NC(=O)c5ccc(C(F)(F)F)cc5)cccc4nn23)CC1. The van der Waals surface area contributed by atoms with Crippen LogP contribution in [0.4, 0.5) is 23.7 Å². The van der Waals surface area contributed by atoms with Crippen LogP contribution in [0.15, 0.2) is 53.3 Å². The zero-order chi connectivity index (χ0) is 28.8. The molecule has 5 rings (SSSR count). The fourth-order valence-corrected chi connectivity index (χ4v) is 4.87. The molecule has 40 heavy (non-hydrogen) atoms. The number of H-pyrrole nitrogens is 1. The Morgan fingerprint density at radius 1 is 1.05 bits per heavy atom. The van der Waals surface area contributed by atoms with E-state index in [1.807, 2.05) is 20.8 Å². The van der Waals surface area contributed by atoms with Crippen LogP contribution in [0.25, 0.3) is 16.6 Å². The number of halogens is 3. The molecule has 0 atom stereocenters. The van der Waals surface area contributed by atoms with Crippen molar-refractivity contribution in [3.05, 3.63) is 75.7 Å². The third-order valence-corrected chi connectivity index (χ3v) is 6.75. The van der Waals surface area contributed by atoms with Gasteiger partial charge in [0.15, 0.2) is 0 Å². The Balaban J connectivity index is 1.43. The molecule has 2 aromatic carbocycles. The van der Waals surface area contributed by atoms with E-state index in [0.29, 0.717) is 53.9 Å². The first-order valence-corrected chi connectivity index (χ1v) is 12.8. The number of benzene rings is 2. The molecule has 0 aliphatic carbocycles. The number of likely N-dealkylation sites (tertiary alicyclic amines) is 1. The van der Waals surface area contributed by atoms with Crippen molar-refractivity contribution in [3.63, 3.8) is 0 Å². The van der Waals surface area contributed by atoms with Crippen molar-refractivity contribution in [3.8, 4) is 0 Å². The number of piperidine rings is 1. The molecule has 0 unspecified atom stereocenters. The normalized spacial score (nSPS) is 15.0. The predicted molar refractivity (Wildman–Crippen MR) is 142 cm³/mol. The Morgan fingerprint density at radius 2 is 1.73 bits per heavy atom. The lowest BCUT2D eigenvalue weighted by molar-refractivity contribution is -0.137. The molecule has 2 amide bonds. The Hall–Kier alpha value is -4.35. The molecule has 0 saturated carbocycles. The number of nitrogens with zero attached hydrogens (tertiary/aromatic N) is 3. The fourth-order valence-electron chi connectivity index (χ4n) is 4.87.